The van der Waals surface area contributed by atoms with Gasteiger partial charge in [-0.25, -0.2) is 0 Å². The summed E-state index contributed by atoms with van der Waals surface area (Å²) in [4.78, 5) is 0. The molecule has 0 unspecified atom stereocenters. The zero-order chi connectivity index (χ0) is 9.97. The number of hydrogen-bond donors (Lipinski definition) is 0. The van der Waals surface area contributed by atoms with Gasteiger partial charge in [0.2, 0.25) is 0 Å². The van der Waals surface area contributed by atoms with Gasteiger partial charge in [-0.05, 0) is 54.5 Å². The summed E-state index contributed by atoms with van der Waals surface area (Å²) in [7, 11) is 1.72. The van der Waals surface area contributed by atoms with E-state index in [2.05, 4.69) is 18.7 Å². The molecule has 0 saturated carbocycles. The quantitative estimate of drug-likeness (QED) is 0.613. The molecule has 1 heteroatoms. The number of methoxy groups -OCH3 is 1. The lowest BCUT2D eigenvalue weighted by molar-refractivity contribution is 0.414. The fourth-order valence-corrected chi connectivity index (χ4v) is 2.04. The normalized spacial score (nSPS) is 15.9. The molecule has 1 aromatic rings. The molecule has 1 aliphatic carbocycles. The third-order valence-corrected chi connectivity index (χ3v) is 2.87. The standard InChI is InChI=1S/C13H16O/c1-10-5-3-4-6-11-9-12(14-2)7-8-13(10)11/h7-9H,1,3-6H2,2H3. The SMILES string of the molecule is C=C1CCCCc2cc(OC)ccc21. The van der Waals surface area contributed by atoms with Crippen molar-refractivity contribution in [3.63, 3.8) is 0 Å². The Hall–Kier alpha value is -1.24. The van der Waals surface area contributed by atoms with E-state index in [9.17, 15) is 0 Å². The van der Waals surface area contributed by atoms with E-state index in [4.69, 9.17) is 4.74 Å². The maximum atomic E-state index is 5.23. The van der Waals surface area contributed by atoms with Crippen molar-refractivity contribution in [3.8, 4) is 5.75 Å². The molecule has 1 nitrogen and oxygen atoms in total. The highest BCUT2D eigenvalue weighted by Gasteiger charge is 2.11. The molecule has 2 rings (SSSR count). The van der Waals surface area contributed by atoms with Gasteiger partial charge >= 0.3 is 0 Å². The van der Waals surface area contributed by atoms with E-state index in [1.54, 1.807) is 7.11 Å². The summed E-state index contributed by atoms with van der Waals surface area (Å²) in [5, 5.41) is 0. The summed E-state index contributed by atoms with van der Waals surface area (Å²) in [6, 6.07) is 6.31. The van der Waals surface area contributed by atoms with Gasteiger partial charge in [-0.15, -0.1) is 0 Å². The molecule has 1 aromatic carbocycles. The predicted molar refractivity (Wildman–Crippen MR) is 59.6 cm³/mol. The third-order valence-electron chi connectivity index (χ3n) is 2.87. The van der Waals surface area contributed by atoms with Gasteiger partial charge in [-0.3, -0.25) is 0 Å². The average molecular weight is 188 g/mol. The van der Waals surface area contributed by atoms with Crippen molar-refractivity contribution in [1.82, 2.24) is 0 Å². The van der Waals surface area contributed by atoms with E-state index in [1.807, 2.05) is 6.07 Å². The summed E-state index contributed by atoms with van der Waals surface area (Å²) in [6.07, 6.45) is 4.82. The Labute approximate surface area is 85.4 Å². The lowest BCUT2D eigenvalue weighted by Gasteiger charge is -2.09. The van der Waals surface area contributed by atoms with Gasteiger partial charge in [-0.1, -0.05) is 12.6 Å². The van der Waals surface area contributed by atoms with Gasteiger partial charge in [0.05, 0.1) is 7.11 Å². The van der Waals surface area contributed by atoms with Crippen LogP contribution in [0.25, 0.3) is 5.57 Å². The number of fused-ring (bicyclic) bond motifs is 1. The van der Waals surface area contributed by atoms with Crippen LogP contribution in [0.1, 0.15) is 30.4 Å². The molecule has 0 spiro atoms. The predicted octanol–water partition coefficient (Wildman–Crippen LogP) is 3.43. The van der Waals surface area contributed by atoms with Gasteiger partial charge in [-0.2, -0.15) is 0 Å². The highest BCUT2D eigenvalue weighted by Crippen LogP contribution is 2.30. The largest absolute Gasteiger partial charge is 0.497 e. The fraction of sp³-hybridized carbons (Fsp3) is 0.385. The van der Waals surface area contributed by atoms with Crippen LogP contribution in [0.5, 0.6) is 5.75 Å². The molecule has 0 fully saturated rings. The molecule has 0 atom stereocenters. The molecule has 0 heterocycles. The minimum Gasteiger partial charge on any atom is -0.497 e. The number of ether oxygens (including phenoxy) is 1. The maximum Gasteiger partial charge on any atom is 0.119 e. The fourth-order valence-electron chi connectivity index (χ4n) is 2.04. The molecule has 0 amide bonds. The Balaban J connectivity index is 2.43. The minimum atomic E-state index is 0.957. The van der Waals surface area contributed by atoms with Crippen molar-refractivity contribution in [2.75, 3.05) is 7.11 Å². The van der Waals surface area contributed by atoms with Crippen molar-refractivity contribution < 1.29 is 4.74 Å². The summed E-state index contributed by atoms with van der Waals surface area (Å²) in [5.74, 6) is 0.957. The summed E-state index contributed by atoms with van der Waals surface area (Å²) in [6.45, 7) is 4.13. The number of aryl methyl sites for hydroxylation is 1. The van der Waals surface area contributed by atoms with E-state index in [1.165, 1.54) is 29.5 Å². The topological polar surface area (TPSA) is 9.23 Å². The Morgan fingerprint density at radius 3 is 2.79 bits per heavy atom. The first kappa shape index (κ1) is 9.32. The van der Waals surface area contributed by atoms with Gasteiger partial charge < -0.3 is 4.74 Å². The van der Waals surface area contributed by atoms with Gasteiger partial charge in [0, 0.05) is 0 Å². The Bertz CT molecular complexity index is 352. The molecule has 0 aliphatic heterocycles. The molecular formula is C13H16O. The number of rotatable bonds is 1. The van der Waals surface area contributed by atoms with Crippen molar-refractivity contribution in [1.29, 1.82) is 0 Å². The highest BCUT2D eigenvalue weighted by molar-refractivity contribution is 5.67. The van der Waals surface area contributed by atoms with Crippen LogP contribution >= 0.6 is 0 Å². The van der Waals surface area contributed by atoms with Gasteiger partial charge in [0.15, 0.2) is 0 Å². The van der Waals surface area contributed by atoms with Crippen LogP contribution < -0.4 is 4.74 Å². The average Bonchev–Trinajstić information content (AvgIpc) is 2.40. The van der Waals surface area contributed by atoms with Crippen LogP contribution in [-0.4, -0.2) is 7.11 Å². The Kier molecular flexibility index (Phi) is 2.58. The van der Waals surface area contributed by atoms with Crippen LogP contribution in [0, 0.1) is 0 Å². The maximum absolute atomic E-state index is 5.23. The molecule has 74 valence electrons. The van der Waals surface area contributed by atoms with Gasteiger partial charge in [0.25, 0.3) is 0 Å². The van der Waals surface area contributed by atoms with Crippen LogP contribution in [0.2, 0.25) is 0 Å². The Morgan fingerprint density at radius 2 is 2.00 bits per heavy atom. The molecule has 14 heavy (non-hydrogen) atoms. The first-order valence-electron chi connectivity index (χ1n) is 5.16. The van der Waals surface area contributed by atoms with E-state index in [0.717, 1.165) is 18.6 Å². The second-order valence-corrected chi connectivity index (χ2v) is 3.83. The van der Waals surface area contributed by atoms with Crippen LogP contribution in [-0.2, 0) is 6.42 Å². The Morgan fingerprint density at radius 1 is 1.21 bits per heavy atom. The van der Waals surface area contributed by atoms with Crippen molar-refractivity contribution in [3.05, 3.63) is 35.9 Å². The first-order valence-corrected chi connectivity index (χ1v) is 5.16. The van der Waals surface area contributed by atoms with Crippen molar-refractivity contribution in [2.24, 2.45) is 0 Å². The first-order chi connectivity index (χ1) is 6.81. The molecule has 0 saturated heterocycles. The lowest BCUT2D eigenvalue weighted by Crippen LogP contribution is -1.91. The van der Waals surface area contributed by atoms with Gasteiger partial charge in [0.1, 0.15) is 5.75 Å². The number of benzene rings is 1. The smallest absolute Gasteiger partial charge is 0.119 e. The molecular weight excluding hydrogens is 172 g/mol. The molecule has 0 N–H and O–H groups in total. The molecule has 0 bridgehead atoms. The zero-order valence-electron chi connectivity index (χ0n) is 8.68. The highest BCUT2D eigenvalue weighted by atomic mass is 16.5. The second-order valence-electron chi connectivity index (χ2n) is 3.83. The monoisotopic (exact) mass is 188 g/mol. The molecule has 1 aliphatic rings. The van der Waals surface area contributed by atoms with E-state index >= 15 is 0 Å². The van der Waals surface area contributed by atoms with Crippen molar-refractivity contribution >= 4 is 5.57 Å². The third kappa shape index (κ3) is 1.67. The summed E-state index contributed by atoms with van der Waals surface area (Å²) in [5.41, 5.74) is 4.01. The van der Waals surface area contributed by atoms with Crippen LogP contribution in [0.15, 0.2) is 24.8 Å². The summed E-state index contributed by atoms with van der Waals surface area (Å²) >= 11 is 0. The zero-order valence-corrected chi connectivity index (χ0v) is 8.68. The van der Waals surface area contributed by atoms with E-state index < -0.39 is 0 Å². The molecule has 0 radical (unpaired) electrons. The van der Waals surface area contributed by atoms with Crippen LogP contribution in [0.4, 0.5) is 0 Å². The van der Waals surface area contributed by atoms with Crippen molar-refractivity contribution in [2.45, 2.75) is 25.7 Å². The lowest BCUT2D eigenvalue weighted by atomic mass is 9.99. The number of allylic oxidation sites excluding steroid dienone is 1. The summed E-state index contributed by atoms with van der Waals surface area (Å²) < 4.78 is 5.23. The second kappa shape index (κ2) is 3.87. The minimum absolute atomic E-state index is 0.957. The number of hydrogen-bond acceptors (Lipinski definition) is 1. The molecule has 0 aromatic heterocycles. The van der Waals surface area contributed by atoms with E-state index in [-0.39, 0.29) is 0 Å². The van der Waals surface area contributed by atoms with Crippen LogP contribution in [0.3, 0.4) is 0 Å². The van der Waals surface area contributed by atoms with E-state index in [0.29, 0.717) is 0 Å².